The maximum absolute atomic E-state index is 11.7. The Labute approximate surface area is 100 Å². The maximum Gasteiger partial charge on any atom is 0.222 e. The molecular weight excluding hydrogens is 218 g/mol. The third kappa shape index (κ3) is 3.86. The zero-order valence-electron chi connectivity index (χ0n) is 10.1. The molecule has 0 radical (unpaired) electrons. The first-order valence-corrected chi connectivity index (χ1v) is 5.53. The lowest BCUT2D eigenvalue weighted by Crippen LogP contribution is -2.29. The minimum atomic E-state index is -0.111. The van der Waals surface area contributed by atoms with Crippen LogP contribution in [0.4, 0.5) is 5.82 Å². The van der Waals surface area contributed by atoms with Gasteiger partial charge < -0.3 is 11.1 Å². The quantitative estimate of drug-likeness (QED) is 0.746. The Kier molecular flexibility index (Phi) is 4.63. The average Bonchev–Trinajstić information content (AvgIpc) is 2.29. The lowest BCUT2D eigenvalue weighted by Gasteiger charge is -2.07. The van der Waals surface area contributed by atoms with Gasteiger partial charge in [0.2, 0.25) is 5.91 Å². The minimum absolute atomic E-state index is 0.0584. The van der Waals surface area contributed by atoms with Gasteiger partial charge in [-0.2, -0.15) is 0 Å². The summed E-state index contributed by atoms with van der Waals surface area (Å²) >= 11 is 0. The molecule has 1 heterocycles. The van der Waals surface area contributed by atoms with Gasteiger partial charge in [0, 0.05) is 25.1 Å². The van der Waals surface area contributed by atoms with E-state index in [0.29, 0.717) is 12.1 Å². The van der Waals surface area contributed by atoms with Crippen LogP contribution in [-0.2, 0) is 4.79 Å². The van der Waals surface area contributed by atoms with E-state index in [1.165, 1.54) is 6.20 Å². The van der Waals surface area contributed by atoms with Gasteiger partial charge in [0.05, 0.1) is 5.56 Å². The monoisotopic (exact) mass is 235 g/mol. The number of carbonyl (C=O) groups is 2. The fourth-order valence-electron chi connectivity index (χ4n) is 1.29. The van der Waals surface area contributed by atoms with Crippen LogP contribution in [-0.4, -0.2) is 23.2 Å². The van der Waals surface area contributed by atoms with E-state index in [2.05, 4.69) is 10.3 Å². The molecule has 0 aliphatic rings. The van der Waals surface area contributed by atoms with Gasteiger partial charge in [-0.3, -0.25) is 9.59 Å². The first-order valence-electron chi connectivity index (χ1n) is 5.53. The molecule has 0 bridgehead atoms. The van der Waals surface area contributed by atoms with Crippen LogP contribution < -0.4 is 11.1 Å². The second-order valence-corrected chi connectivity index (χ2v) is 4.06. The number of nitrogens with two attached hydrogens (primary N) is 1. The summed E-state index contributed by atoms with van der Waals surface area (Å²) in [6.45, 7) is 3.93. The molecule has 0 aliphatic carbocycles. The Morgan fingerprint density at radius 3 is 2.76 bits per heavy atom. The smallest absolute Gasteiger partial charge is 0.222 e. The van der Waals surface area contributed by atoms with Crippen molar-refractivity contribution >= 4 is 17.5 Å². The lowest BCUT2D eigenvalue weighted by atomic mass is 10.1. The number of rotatable bonds is 5. The summed E-state index contributed by atoms with van der Waals surface area (Å²) in [4.78, 5) is 26.9. The SMILES string of the molecule is CC(C)C(=O)NCCC(=O)c1cccnc1N. The number of hydrogen-bond acceptors (Lipinski definition) is 4. The van der Waals surface area contributed by atoms with Crippen LogP contribution in [0.1, 0.15) is 30.6 Å². The fraction of sp³-hybridized carbons (Fsp3) is 0.417. The molecule has 0 unspecified atom stereocenters. The molecule has 0 saturated carbocycles. The van der Waals surface area contributed by atoms with Gasteiger partial charge in [0.25, 0.3) is 0 Å². The standard InChI is InChI=1S/C12H17N3O2/c1-8(2)12(17)15-7-5-10(16)9-4-3-6-14-11(9)13/h3-4,6,8H,5,7H2,1-2H3,(H2,13,14)(H,15,17). The Morgan fingerprint density at radius 1 is 1.47 bits per heavy atom. The highest BCUT2D eigenvalue weighted by Gasteiger charge is 2.11. The van der Waals surface area contributed by atoms with E-state index in [1.54, 1.807) is 26.0 Å². The highest BCUT2D eigenvalue weighted by molar-refractivity contribution is 6.00. The first kappa shape index (κ1) is 13.2. The van der Waals surface area contributed by atoms with E-state index in [4.69, 9.17) is 5.73 Å². The number of pyridine rings is 1. The normalized spacial score (nSPS) is 10.3. The molecule has 17 heavy (non-hydrogen) atoms. The van der Waals surface area contributed by atoms with E-state index in [-0.39, 0.29) is 29.8 Å². The maximum atomic E-state index is 11.7. The molecule has 0 aliphatic heterocycles. The van der Waals surface area contributed by atoms with E-state index < -0.39 is 0 Å². The van der Waals surface area contributed by atoms with Gasteiger partial charge in [-0.25, -0.2) is 4.98 Å². The van der Waals surface area contributed by atoms with Crippen LogP contribution >= 0.6 is 0 Å². The summed E-state index contributed by atoms with van der Waals surface area (Å²) in [5.41, 5.74) is 5.99. The molecule has 5 nitrogen and oxygen atoms in total. The van der Waals surface area contributed by atoms with Gasteiger partial charge >= 0.3 is 0 Å². The number of Topliss-reactive ketones (excluding diaryl/α,β-unsaturated/α-hetero) is 1. The molecule has 0 atom stereocenters. The number of anilines is 1. The molecule has 3 N–H and O–H groups in total. The Balaban J connectivity index is 2.46. The molecule has 0 spiro atoms. The van der Waals surface area contributed by atoms with Crippen molar-refractivity contribution in [1.82, 2.24) is 10.3 Å². The van der Waals surface area contributed by atoms with Gasteiger partial charge in [-0.1, -0.05) is 13.8 Å². The highest BCUT2D eigenvalue weighted by Crippen LogP contribution is 2.09. The van der Waals surface area contributed by atoms with Crippen LogP contribution in [0.5, 0.6) is 0 Å². The van der Waals surface area contributed by atoms with Crippen molar-refractivity contribution in [2.45, 2.75) is 20.3 Å². The molecule has 0 saturated heterocycles. The van der Waals surface area contributed by atoms with Crippen molar-refractivity contribution in [2.24, 2.45) is 5.92 Å². The van der Waals surface area contributed by atoms with Crippen molar-refractivity contribution in [1.29, 1.82) is 0 Å². The zero-order chi connectivity index (χ0) is 12.8. The Morgan fingerprint density at radius 2 is 2.18 bits per heavy atom. The molecule has 92 valence electrons. The van der Waals surface area contributed by atoms with Crippen LogP contribution in [0.15, 0.2) is 18.3 Å². The summed E-state index contributed by atoms with van der Waals surface area (Å²) in [5.74, 6) is -0.0159. The molecule has 0 aromatic carbocycles. The summed E-state index contributed by atoms with van der Waals surface area (Å²) in [6, 6.07) is 3.30. The van der Waals surface area contributed by atoms with E-state index in [9.17, 15) is 9.59 Å². The molecule has 1 aromatic rings. The molecule has 1 rings (SSSR count). The summed E-state index contributed by atoms with van der Waals surface area (Å²) in [7, 11) is 0. The van der Waals surface area contributed by atoms with Crippen molar-refractivity contribution in [3.05, 3.63) is 23.9 Å². The Bertz CT molecular complexity index is 416. The van der Waals surface area contributed by atoms with Crippen LogP contribution in [0.3, 0.4) is 0 Å². The molecular formula is C12H17N3O2. The fourth-order valence-corrected chi connectivity index (χ4v) is 1.29. The topological polar surface area (TPSA) is 85.1 Å². The van der Waals surface area contributed by atoms with Gasteiger partial charge in [-0.15, -0.1) is 0 Å². The highest BCUT2D eigenvalue weighted by atomic mass is 16.2. The van der Waals surface area contributed by atoms with E-state index >= 15 is 0 Å². The first-order chi connectivity index (χ1) is 8.02. The Hall–Kier alpha value is -1.91. The van der Waals surface area contributed by atoms with Crippen LogP contribution in [0.25, 0.3) is 0 Å². The van der Waals surface area contributed by atoms with Crippen molar-refractivity contribution < 1.29 is 9.59 Å². The lowest BCUT2D eigenvalue weighted by molar-refractivity contribution is -0.123. The number of nitrogens with zero attached hydrogens (tertiary/aromatic N) is 1. The molecule has 0 fully saturated rings. The van der Waals surface area contributed by atoms with Gasteiger partial charge in [0.15, 0.2) is 5.78 Å². The van der Waals surface area contributed by atoms with Crippen molar-refractivity contribution in [2.75, 3.05) is 12.3 Å². The number of ketones is 1. The van der Waals surface area contributed by atoms with E-state index in [1.807, 2.05) is 0 Å². The number of aromatic nitrogens is 1. The summed E-state index contributed by atoms with van der Waals surface area (Å²) < 4.78 is 0. The number of carbonyl (C=O) groups excluding carboxylic acids is 2. The molecule has 1 amide bonds. The largest absolute Gasteiger partial charge is 0.383 e. The van der Waals surface area contributed by atoms with Crippen molar-refractivity contribution in [3.8, 4) is 0 Å². The third-order valence-electron chi connectivity index (χ3n) is 2.31. The van der Waals surface area contributed by atoms with Crippen molar-refractivity contribution in [3.63, 3.8) is 0 Å². The summed E-state index contributed by atoms with van der Waals surface area (Å²) in [5, 5.41) is 2.68. The van der Waals surface area contributed by atoms with Gasteiger partial charge in [-0.05, 0) is 12.1 Å². The second kappa shape index (κ2) is 5.98. The molecule has 5 heteroatoms. The van der Waals surface area contributed by atoms with E-state index in [0.717, 1.165) is 0 Å². The summed E-state index contributed by atoms with van der Waals surface area (Å²) in [6.07, 6.45) is 1.76. The predicted octanol–water partition coefficient (Wildman–Crippen LogP) is 1.01. The average molecular weight is 235 g/mol. The predicted molar refractivity (Wildman–Crippen MR) is 65.4 cm³/mol. The second-order valence-electron chi connectivity index (χ2n) is 4.06. The number of hydrogen-bond donors (Lipinski definition) is 2. The number of nitrogen functional groups attached to an aromatic ring is 1. The number of nitrogens with one attached hydrogen (secondary N) is 1. The zero-order valence-corrected chi connectivity index (χ0v) is 10.1. The molecule has 1 aromatic heterocycles. The van der Waals surface area contributed by atoms with Crippen LogP contribution in [0.2, 0.25) is 0 Å². The van der Waals surface area contributed by atoms with Gasteiger partial charge in [0.1, 0.15) is 5.82 Å². The minimum Gasteiger partial charge on any atom is -0.383 e. The van der Waals surface area contributed by atoms with Crippen LogP contribution in [0, 0.1) is 5.92 Å². The third-order valence-corrected chi connectivity index (χ3v) is 2.31. The number of amides is 1.